The number of rotatable bonds is 10. The highest BCUT2D eigenvalue weighted by Crippen LogP contribution is 2.32. The lowest BCUT2D eigenvalue weighted by Crippen LogP contribution is -2.56. The summed E-state index contributed by atoms with van der Waals surface area (Å²) in [6.07, 6.45) is 4.12. The molecule has 210 valence electrons. The highest BCUT2D eigenvalue weighted by Gasteiger charge is 2.35. The topological polar surface area (TPSA) is 108 Å². The summed E-state index contributed by atoms with van der Waals surface area (Å²) in [5, 5.41) is 9.91. The van der Waals surface area contributed by atoms with E-state index in [0.717, 1.165) is 24.4 Å². The molecular formula is C28H33FN8O2S. The van der Waals surface area contributed by atoms with E-state index in [0.29, 0.717) is 58.4 Å². The molecule has 0 saturated carbocycles. The number of halogens is 1. The van der Waals surface area contributed by atoms with Crippen molar-refractivity contribution in [3.63, 3.8) is 0 Å². The Balaban J connectivity index is 1.53. The van der Waals surface area contributed by atoms with Gasteiger partial charge in [-0.2, -0.15) is 9.49 Å². The Morgan fingerprint density at radius 3 is 2.62 bits per heavy atom. The molecule has 5 heterocycles. The number of aromatic nitrogens is 4. The van der Waals surface area contributed by atoms with Crippen LogP contribution >= 0.6 is 11.3 Å². The van der Waals surface area contributed by atoms with Crippen molar-refractivity contribution < 1.29 is 14.0 Å². The van der Waals surface area contributed by atoms with E-state index >= 15 is 0 Å². The third kappa shape index (κ3) is 5.41. The molecule has 1 fully saturated rings. The van der Waals surface area contributed by atoms with E-state index in [-0.39, 0.29) is 29.0 Å². The van der Waals surface area contributed by atoms with Gasteiger partial charge in [0, 0.05) is 37.9 Å². The van der Waals surface area contributed by atoms with Crippen molar-refractivity contribution in [2.24, 2.45) is 0 Å². The van der Waals surface area contributed by atoms with Crippen LogP contribution in [0.15, 0.2) is 42.7 Å². The van der Waals surface area contributed by atoms with E-state index in [1.54, 1.807) is 48.2 Å². The van der Waals surface area contributed by atoms with Gasteiger partial charge in [0.25, 0.3) is 5.91 Å². The van der Waals surface area contributed by atoms with Crippen LogP contribution in [0.3, 0.4) is 0 Å². The number of amides is 2. The number of hydrogen-bond donors (Lipinski definition) is 2. The van der Waals surface area contributed by atoms with Gasteiger partial charge in [-0.15, -0.1) is 11.3 Å². The molecule has 0 aliphatic carbocycles. The number of likely N-dealkylation sites (N-methyl/N-ethyl adjacent to an activating group) is 2. The molecule has 40 heavy (non-hydrogen) atoms. The summed E-state index contributed by atoms with van der Waals surface area (Å²) in [5.41, 5.74) is 2.72. The molecule has 2 unspecified atom stereocenters. The lowest BCUT2D eigenvalue weighted by atomic mass is 10.0. The van der Waals surface area contributed by atoms with Crippen molar-refractivity contribution in [1.82, 2.24) is 35.1 Å². The van der Waals surface area contributed by atoms with Crippen molar-refractivity contribution >= 4 is 34.6 Å². The van der Waals surface area contributed by atoms with Crippen LogP contribution in [-0.2, 0) is 4.79 Å². The fraction of sp³-hybridized carbons (Fsp3) is 0.393. The van der Waals surface area contributed by atoms with Gasteiger partial charge >= 0.3 is 0 Å². The number of nitrogens with zero attached hydrogens (tertiary/aromatic N) is 6. The van der Waals surface area contributed by atoms with Gasteiger partial charge < -0.3 is 15.5 Å². The van der Waals surface area contributed by atoms with E-state index < -0.39 is 0 Å². The quantitative estimate of drug-likeness (QED) is 0.304. The lowest BCUT2D eigenvalue weighted by molar-refractivity contribution is -0.123. The number of hydrogen-bond acceptors (Lipinski definition) is 8. The Labute approximate surface area is 236 Å². The highest BCUT2D eigenvalue weighted by atomic mass is 32.1. The van der Waals surface area contributed by atoms with Crippen molar-refractivity contribution in [3.8, 4) is 21.8 Å². The Bertz CT molecular complexity index is 1530. The second kappa shape index (κ2) is 11.7. The predicted molar refractivity (Wildman–Crippen MR) is 154 cm³/mol. The molecule has 1 saturated heterocycles. The number of carbonyl (C=O) groups is 2. The molecule has 5 rings (SSSR count). The molecule has 0 radical (unpaired) electrons. The third-order valence-electron chi connectivity index (χ3n) is 7.40. The second-order valence-corrected chi connectivity index (χ2v) is 10.8. The molecule has 4 aromatic heterocycles. The summed E-state index contributed by atoms with van der Waals surface area (Å²) in [7, 11) is 1.61. The zero-order valence-corrected chi connectivity index (χ0v) is 23.8. The summed E-state index contributed by atoms with van der Waals surface area (Å²) in [5.74, 6) is 0.221. The van der Waals surface area contributed by atoms with Gasteiger partial charge in [0.2, 0.25) is 5.91 Å². The van der Waals surface area contributed by atoms with Crippen LogP contribution in [0.25, 0.3) is 27.5 Å². The van der Waals surface area contributed by atoms with Crippen LogP contribution < -0.4 is 15.5 Å². The minimum atomic E-state index is -0.353. The molecule has 2 N–H and O–H groups in total. The van der Waals surface area contributed by atoms with Crippen molar-refractivity contribution in [1.29, 1.82) is 0 Å². The molecule has 1 aliphatic rings. The molecule has 12 heteroatoms. The van der Waals surface area contributed by atoms with Crippen molar-refractivity contribution in [2.45, 2.75) is 39.3 Å². The fourth-order valence-electron chi connectivity index (χ4n) is 4.99. The van der Waals surface area contributed by atoms with Crippen LogP contribution in [0, 0.1) is 5.13 Å². The molecule has 2 atom stereocenters. The summed E-state index contributed by atoms with van der Waals surface area (Å²) < 4.78 is 15.3. The Morgan fingerprint density at radius 1 is 1.18 bits per heavy atom. The maximum atomic E-state index is 13.7. The zero-order valence-electron chi connectivity index (χ0n) is 23.0. The minimum Gasteiger partial charge on any atom is -0.357 e. The monoisotopic (exact) mass is 564 g/mol. The zero-order chi connectivity index (χ0) is 28.4. The van der Waals surface area contributed by atoms with Crippen LogP contribution in [0.2, 0.25) is 0 Å². The molecule has 0 aromatic carbocycles. The highest BCUT2D eigenvalue weighted by molar-refractivity contribution is 7.13. The summed E-state index contributed by atoms with van der Waals surface area (Å²) in [6.45, 7) is 9.23. The standard InChI is InChI=1S/C28H33FN8O2S/c1-5-35(6-2)17(3)15-31-27(38)18-13-21(33-25(14-18)36-11-10-22(36)28(39)30-4)19-16-32-37-12-9-20(34-26(19)37)23-7-8-24(29)40-23/h7-9,12-14,16-17,22H,5-6,10-11,15H2,1-4H3,(H,30,39)(H,31,38). The van der Waals surface area contributed by atoms with E-state index in [1.807, 2.05) is 4.90 Å². The van der Waals surface area contributed by atoms with Crippen LogP contribution in [0.4, 0.5) is 10.2 Å². The molecule has 0 spiro atoms. The predicted octanol–water partition coefficient (Wildman–Crippen LogP) is 3.44. The first-order valence-corrected chi connectivity index (χ1v) is 14.3. The summed E-state index contributed by atoms with van der Waals surface area (Å²) in [6, 6.07) is 8.17. The number of anilines is 1. The lowest BCUT2D eigenvalue weighted by Gasteiger charge is -2.40. The number of fused-ring (bicyclic) bond motifs is 1. The average molecular weight is 565 g/mol. The van der Waals surface area contributed by atoms with Gasteiger partial charge in [0.15, 0.2) is 10.8 Å². The number of pyridine rings is 1. The van der Waals surface area contributed by atoms with E-state index in [2.05, 4.69) is 41.4 Å². The first kappa shape index (κ1) is 27.7. The van der Waals surface area contributed by atoms with Crippen molar-refractivity contribution in [3.05, 3.63) is 53.4 Å². The van der Waals surface area contributed by atoms with Crippen molar-refractivity contribution in [2.75, 3.05) is 38.1 Å². The maximum Gasteiger partial charge on any atom is 0.251 e. The van der Waals surface area contributed by atoms with Crippen LogP contribution in [-0.4, -0.2) is 81.6 Å². The second-order valence-electron chi connectivity index (χ2n) is 9.73. The number of carbonyl (C=O) groups excluding carboxylic acids is 2. The van der Waals surface area contributed by atoms with Gasteiger partial charge in [-0.1, -0.05) is 13.8 Å². The van der Waals surface area contributed by atoms with Gasteiger partial charge in [-0.05, 0) is 56.8 Å². The summed E-state index contributed by atoms with van der Waals surface area (Å²) >= 11 is 1.02. The maximum absolute atomic E-state index is 13.7. The molecule has 2 amide bonds. The van der Waals surface area contributed by atoms with E-state index in [9.17, 15) is 14.0 Å². The SMILES string of the molecule is CCN(CC)C(C)CNC(=O)c1cc(-c2cnn3ccc(-c4ccc(F)s4)nc23)nc(N2CCC2C(=O)NC)c1. The largest absolute Gasteiger partial charge is 0.357 e. The Morgan fingerprint density at radius 2 is 1.98 bits per heavy atom. The fourth-order valence-corrected chi connectivity index (χ4v) is 5.69. The van der Waals surface area contributed by atoms with Crippen LogP contribution in [0.5, 0.6) is 0 Å². The Kier molecular flexibility index (Phi) is 8.08. The first-order chi connectivity index (χ1) is 19.3. The molecule has 0 bridgehead atoms. The molecule has 10 nitrogen and oxygen atoms in total. The van der Waals surface area contributed by atoms with E-state index in [1.165, 1.54) is 6.07 Å². The van der Waals surface area contributed by atoms with Gasteiger partial charge in [0.1, 0.15) is 11.9 Å². The Hall–Kier alpha value is -3.90. The van der Waals surface area contributed by atoms with Gasteiger partial charge in [-0.25, -0.2) is 14.5 Å². The average Bonchev–Trinajstić information content (AvgIpc) is 3.57. The normalized spacial score (nSPS) is 15.8. The minimum absolute atomic E-state index is 0.0945. The van der Waals surface area contributed by atoms with Gasteiger partial charge in [0.05, 0.1) is 28.0 Å². The first-order valence-electron chi connectivity index (χ1n) is 13.5. The smallest absolute Gasteiger partial charge is 0.251 e. The molecular weight excluding hydrogens is 531 g/mol. The van der Waals surface area contributed by atoms with E-state index in [4.69, 9.17) is 9.97 Å². The summed E-state index contributed by atoms with van der Waals surface area (Å²) in [4.78, 5) is 40.3. The van der Waals surface area contributed by atoms with Crippen LogP contribution in [0.1, 0.15) is 37.6 Å². The number of thiophene rings is 1. The van der Waals surface area contributed by atoms with Gasteiger partial charge in [-0.3, -0.25) is 14.5 Å². The third-order valence-corrected chi connectivity index (χ3v) is 8.30. The molecule has 4 aromatic rings. The molecule has 1 aliphatic heterocycles. The number of nitrogens with one attached hydrogen (secondary N) is 2.